The van der Waals surface area contributed by atoms with Gasteiger partial charge < -0.3 is 9.72 Å². The summed E-state index contributed by atoms with van der Waals surface area (Å²) >= 11 is 12.8. The minimum atomic E-state index is 0.358. The molecule has 0 bridgehead atoms. The molecule has 0 saturated heterocycles. The van der Waals surface area contributed by atoms with Crippen molar-refractivity contribution in [3.63, 3.8) is 0 Å². The zero-order chi connectivity index (χ0) is 21.1. The number of aromatic amines is 1. The minimum Gasteiger partial charge on any atom is -0.486 e. The molecular weight excluding hydrogens is 417 g/mol. The van der Waals surface area contributed by atoms with Gasteiger partial charge in [0.2, 0.25) is 0 Å². The van der Waals surface area contributed by atoms with Crippen LogP contribution in [0.1, 0.15) is 22.5 Å². The number of benzene rings is 3. The third kappa shape index (κ3) is 4.33. The molecule has 3 aromatic carbocycles. The minimum absolute atomic E-state index is 0.358. The lowest BCUT2D eigenvalue weighted by molar-refractivity contribution is 0.306. The molecule has 1 N–H and O–H groups in total. The summed E-state index contributed by atoms with van der Waals surface area (Å²) in [6.45, 7) is 2.36. The molecule has 0 spiro atoms. The van der Waals surface area contributed by atoms with Crippen LogP contribution in [0.5, 0.6) is 5.75 Å². The predicted octanol–water partition coefficient (Wildman–Crippen LogP) is 6.82. The molecule has 1 aromatic heterocycles. The van der Waals surface area contributed by atoms with E-state index in [1.165, 1.54) is 0 Å². The lowest BCUT2D eigenvalue weighted by atomic mass is 10.1. The third-order valence-corrected chi connectivity index (χ3v) is 5.13. The normalized spacial score (nSPS) is 11.5. The molecule has 1 heterocycles. The molecule has 4 nitrogen and oxygen atoms in total. The van der Waals surface area contributed by atoms with E-state index in [1.54, 1.807) is 18.2 Å². The SMILES string of the molecule is Cc1ccc2nc(/C(C#N)=C\c3cc(Cl)c(OCc4ccccc4)c(Cl)c3)[nH]c2c1. The fraction of sp³-hybridized carbons (Fsp3) is 0.0833. The van der Waals surface area contributed by atoms with Gasteiger partial charge >= 0.3 is 0 Å². The number of halogens is 2. The number of hydrogen-bond acceptors (Lipinski definition) is 3. The van der Waals surface area contributed by atoms with Gasteiger partial charge in [-0.25, -0.2) is 4.98 Å². The summed E-state index contributed by atoms with van der Waals surface area (Å²) in [7, 11) is 0. The van der Waals surface area contributed by atoms with Crippen LogP contribution in [0.15, 0.2) is 60.7 Å². The summed E-state index contributed by atoms with van der Waals surface area (Å²) in [5.41, 5.74) is 4.88. The number of hydrogen-bond donors (Lipinski definition) is 1. The van der Waals surface area contributed by atoms with Crippen LogP contribution in [0.3, 0.4) is 0 Å². The fourth-order valence-corrected chi connectivity index (χ4v) is 3.71. The Hall–Kier alpha value is -3.26. The number of imidazole rings is 1. The Morgan fingerprint density at radius 2 is 1.83 bits per heavy atom. The van der Waals surface area contributed by atoms with E-state index in [4.69, 9.17) is 27.9 Å². The Morgan fingerprint density at radius 3 is 2.53 bits per heavy atom. The van der Waals surface area contributed by atoms with E-state index >= 15 is 0 Å². The number of aryl methyl sites for hydroxylation is 1. The number of nitriles is 1. The quantitative estimate of drug-likeness (QED) is 0.351. The summed E-state index contributed by atoms with van der Waals surface area (Å²) in [5, 5.41) is 10.4. The van der Waals surface area contributed by atoms with Crippen LogP contribution in [-0.2, 0) is 6.61 Å². The first kappa shape index (κ1) is 20.0. The number of fused-ring (bicyclic) bond motifs is 1. The van der Waals surface area contributed by atoms with E-state index in [-0.39, 0.29) is 0 Å². The molecule has 30 heavy (non-hydrogen) atoms. The van der Waals surface area contributed by atoms with Crippen molar-refractivity contribution in [2.75, 3.05) is 0 Å². The van der Waals surface area contributed by atoms with Crippen molar-refractivity contribution in [2.45, 2.75) is 13.5 Å². The molecule has 0 aliphatic rings. The van der Waals surface area contributed by atoms with Crippen molar-refractivity contribution in [1.29, 1.82) is 5.26 Å². The van der Waals surface area contributed by atoms with Gasteiger partial charge in [-0.15, -0.1) is 0 Å². The van der Waals surface area contributed by atoms with E-state index in [1.807, 2.05) is 55.5 Å². The van der Waals surface area contributed by atoms with Crippen molar-refractivity contribution >= 4 is 45.9 Å². The molecule has 0 saturated carbocycles. The average molecular weight is 434 g/mol. The number of nitrogens with zero attached hydrogens (tertiary/aromatic N) is 2. The molecule has 0 radical (unpaired) electrons. The third-order valence-electron chi connectivity index (χ3n) is 4.57. The van der Waals surface area contributed by atoms with Crippen LogP contribution in [-0.4, -0.2) is 9.97 Å². The molecule has 4 rings (SSSR count). The van der Waals surface area contributed by atoms with Crippen molar-refractivity contribution in [3.05, 3.63) is 93.2 Å². The first-order valence-corrected chi connectivity index (χ1v) is 10.0. The van der Waals surface area contributed by atoms with Crippen LogP contribution in [0, 0.1) is 18.3 Å². The van der Waals surface area contributed by atoms with E-state index in [2.05, 4.69) is 16.0 Å². The maximum atomic E-state index is 9.66. The molecule has 0 fully saturated rings. The topological polar surface area (TPSA) is 61.7 Å². The number of aromatic nitrogens is 2. The van der Waals surface area contributed by atoms with E-state index in [9.17, 15) is 5.26 Å². The highest BCUT2D eigenvalue weighted by Crippen LogP contribution is 2.36. The molecule has 0 aliphatic heterocycles. The first-order valence-electron chi connectivity index (χ1n) is 9.28. The van der Waals surface area contributed by atoms with Gasteiger partial charge in [-0.2, -0.15) is 5.26 Å². The molecular formula is C24H17Cl2N3O. The highest BCUT2D eigenvalue weighted by molar-refractivity contribution is 6.37. The standard InChI is InChI=1S/C24H17Cl2N3O/c1-15-7-8-21-22(9-15)29-24(28-21)18(13-27)10-17-11-19(25)23(20(26)12-17)30-14-16-5-3-2-4-6-16/h2-12H,14H2,1H3,(H,28,29)/b18-10-. The van der Waals surface area contributed by atoms with Crippen LogP contribution < -0.4 is 4.74 Å². The average Bonchev–Trinajstić information content (AvgIpc) is 3.15. The molecule has 6 heteroatoms. The largest absolute Gasteiger partial charge is 0.486 e. The highest BCUT2D eigenvalue weighted by atomic mass is 35.5. The van der Waals surface area contributed by atoms with Crippen LogP contribution in [0.25, 0.3) is 22.7 Å². The van der Waals surface area contributed by atoms with Crippen LogP contribution >= 0.6 is 23.2 Å². The maximum absolute atomic E-state index is 9.66. The fourth-order valence-electron chi connectivity index (χ4n) is 3.10. The summed E-state index contributed by atoms with van der Waals surface area (Å²) < 4.78 is 5.81. The van der Waals surface area contributed by atoms with Crippen LogP contribution in [0.4, 0.5) is 0 Å². The Kier molecular flexibility index (Phi) is 5.76. The Labute approximate surface area is 184 Å². The maximum Gasteiger partial charge on any atom is 0.157 e. The van der Waals surface area contributed by atoms with Gasteiger partial charge in [0.25, 0.3) is 0 Å². The molecule has 0 unspecified atom stereocenters. The molecule has 4 aromatic rings. The number of ether oxygens (including phenoxy) is 1. The van der Waals surface area contributed by atoms with Gasteiger partial charge in [0.15, 0.2) is 5.75 Å². The van der Waals surface area contributed by atoms with Crippen molar-refractivity contribution in [3.8, 4) is 11.8 Å². The second-order valence-electron chi connectivity index (χ2n) is 6.86. The van der Waals surface area contributed by atoms with E-state index in [0.717, 1.165) is 22.2 Å². The van der Waals surface area contributed by atoms with Crippen molar-refractivity contribution in [1.82, 2.24) is 9.97 Å². The zero-order valence-electron chi connectivity index (χ0n) is 16.1. The molecule has 0 amide bonds. The summed E-state index contributed by atoms with van der Waals surface area (Å²) in [4.78, 5) is 7.70. The Bertz CT molecular complexity index is 1260. The van der Waals surface area contributed by atoms with Crippen molar-refractivity contribution in [2.24, 2.45) is 0 Å². The van der Waals surface area contributed by atoms with Gasteiger partial charge in [0.1, 0.15) is 18.5 Å². The number of allylic oxidation sites excluding steroid dienone is 1. The van der Waals surface area contributed by atoms with Gasteiger partial charge in [0.05, 0.1) is 26.7 Å². The molecule has 0 aliphatic carbocycles. The number of H-pyrrole nitrogens is 1. The van der Waals surface area contributed by atoms with E-state index < -0.39 is 0 Å². The smallest absolute Gasteiger partial charge is 0.157 e. The Balaban J connectivity index is 1.62. The lowest BCUT2D eigenvalue weighted by Gasteiger charge is -2.11. The molecule has 148 valence electrons. The highest BCUT2D eigenvalue weighted by Gasteiger charge is 2.12. The van der Waals surface area contributed by atoms with E-state index in [0.29, 0.717) is 39.4 Å². The van der Waals surface area contributed by atoms with Gasteiger partial charge in [-0.3, -0.25) is 0 Å². The summed E-state index contributed by atoms with van der Waals surface area (Å²) in [6.07, 6.45) is 1.70. The van der Waals surface area contributed by atoms with Gasteiger partial charge in [-0.1, -0.05) is 59.6 Å². The Morgan fingerprint density at radius 1 is 1.10 bits per heavy atom. The van der Waals surface area contributed by atoms with Crippen LogP contribution in [0.2, 0.25) is 10.0 Å². The predicted molar refractivity (Wildman–Crippen MR) is 122 cm³/mol. The second-order valence-corrected chi connectivity index (χ2v) is 7.68. The lowest BCUT2D eigenvalue weighted by Crippen LogP contribution is -1.97. The number of nitrogens with one attached hydrogen (secondary N) is 1. The van der Waals surface area contributed by atoms with Gasteiger partial charge in [-0.05, 0) is 54.0 Å². The molecule has 0 atom stereocenters. The second kappa shape index (κ2) is 8.62. The zero-order valence-corrected chi connectivity index (χ0v) is 17.6. The monoisotopic (exact) mass is 433 g/mol. The summed E-state index contributed by atoms with van der Waals surface area (Å²) in [5.74, 6) is 0.909. The number of rotatable bonds is 5. The van der Waals surface area contributed by atoms with Gasteiger partial charge in [0, 0.05) is 0 Å². The first-order chi connectivity index (χ1) is 14.5. The van der Waals surface area contributed by atoms with Crippen molar-refractivity contribution < 1.29 is 4.74 Å². The summed E-state index contributed by atoms with van der Waals surface area (Å²) in [6, 6.07) is 21.3.